The predicted octanol–water partition coefficient (Wildman–Crippen LogP) is 4.33. The first kappa shape index (κ1) is 16.3. The van der Waals surface area contributed by atoms with Crippen LogP contribution in [0.4, 0.5) is 11.4 Å². The molecule has 2 heterocycles. The van der Waals surface area contributed by atoms with Crippen molar-refractivity contribution in [1.29, 1.82) is 0 Å². The zero-order valence-corrected chi connectivity index (χ0v) is 14.8. The Hall–Kier alpha value is -3.14. The molecular weight excluding hydrogens is 322 g/mol. The lowest BCUT2D eigenvalue weighted by Crippen LogP contribution is -2.36. The number of hydrogen-bond acceptors (Lipinski definition) is 3. The van der Waals surface area contributed by atoms with Crippen molar-refractivity contribution < 1.29 is 4.79 Å². The van der Waals surface area contributed by atoms with Crippen LogP contribution in [0.25, 0.3) is 0 Å². The molecule has 0 bridgehead atoms. The first-order valence-corrected chi connectivity index (χ1v) is 8.85. The third-order valence-electron chi connectivity index (χ3n) is 4.74. The van der Waals surface area contributed by atoms with Crippen LogP contribution in [0.3, 0.4) is 0 Å². The number of aryl methyl sites for hydroxylation is 1. The summed E-state index contributed by atoms with van der Waals surface area (Å²) in [6.45, 7) is 3.45. The van der Waals surface area contributed by atoms with E-state index in [0.717, 1.165) is 24.3 Å². The van der Waals surface area contributed by atoms with Crippen molar-refractivity contribution in [1.82, 2.24) is 9.88 Å². The lowest BCUT2D eigenvalue weighted by Gasteiger charge is -2.28. The zero-order valence-electron chi connectivity index (χ0n) is 14.8. The molecule has 26 heavy (non-hydrogen) atoms. The number of pyridine rings is 1. The summed E-state index contributed by atoms with van der Waals surface area (Å²) in [5.41, 5.74) is 6.14. The molecule has 4 heteroatoms. The van der Waals surface area contributed by atoms with E-state index in [1.54, 1.807) is 12.3 Å². The van der Waals surface area contributed by atoms with Gasteiger partial charge in [0.1, 0.15) is 5.69 Å². The van der Waals surface area contributed by atoms with Crippen LogP contribution in [0.1, 0.15) is 27.2 Å². The SMILES string of the molecule is Cc1ccc(Nc2ccc(C(=O)N3CCc4ccccc4C3)nc2)cc1. The first-order chi connectivity index (χ1) is 12.7. The number of hydrogen-bond donors (Lipinski definition) is 1. The van der Waals surface area contributed by atoms with Gasteiger partial charge in [-0.3, -0.25) is 4.79 Å². The second-order valence-electron chi connectivity index (χ2n) is 6.67. The largest absolute Gasteiger partial charge is 0.354 e. The van der Waals surface area contributed by atoms with Crippen LogP contribution in [0, 0.1) is 6.92 Å². The minimum Gasteiger partial charge on any atom is -0.354 e. The van der Waals surface area contributed by atoms with Gasteiger partial charge in [0.05, 0.1) is 11.9 Å². The molecule has 0 saturated heterocycles. The van der Waals surface area contributed by atoms with E-state index in [-0.39, 0.29) is 5.91 Å². The van der Waals surface area contributed by atoms with Crippen LogP contribution in [-0.4, -0.2) is 22.3 Å². The van der Waals surface area contributed by atoms with Crippen molar-refractivity contribution in [2.24, 2.45) is 0 Å². The van der Waals surface area contributed by atoms with Gasteiger partial charge < -0.3 is 10.2 Å². The smallest absolute Gasteiger partial charge is 0.272 e. The molecule has 2 aromatic carbocycles. The van der Waals surface area contributed by atoms with E-state index in [4.69, 9.17) is 0 Å². The fourth-order valence-electron chi connectivity index (χ4n) is 3.23. The minimum atomic E-state index is -0.0126. The van der Waals surface area contributed by atoms with Crippen molar-refractivity contribution in [3.63, 3.8) is 0 Å². The number of carbonyl (C=O) groups excluding carboxylic acids is 1. The summed E-state index contributed by atoms with van der Waals surface area (Å²) in [4.78, 5) is 19.0. The van der Waals surface area contributed by atoms with E-state index < -0.39 is 0 Å². The Morgan fingerprint density at radius 3 is 2.42 bits per heavy atom. The van der Waals surface area contributed by atoms with Gasteiger partial charge in [-0.05, 0) is 48.7 Å². The van der Waals surface area contributed by atoms with Crippen LogP contribution in [0.5, 0.6) is 0 Å². The van der Waals surface area contributed by atoms with Crippen LogP contribution in [0.15, 0.2) is 66.9 Å². The summed E-state index contributed by atoms with van der Waals surface area (Å²) < 4.78 is 0. The number of anilines is 2. The molecule has 0 aliphatic carbocycles. The fraction of sp³-hybridized carbons (Fsp3) is 0.182. The monoisotopic (exact) mass is 343 g/mol. The predicted molar refractivity (Wildman–Crippen MR) is 104 cm³/mol. The molecule has 130 valence electrons. The standard InChI is InChI=1S/C22H21N3O/c1-16-6-8-19(9-7-16)24-20-10-11-21(23-14-20)22(26)25-13-12-17-4-2-3-5-18(17)15-25/h2-11,14,24H,12-13,15H2,1H3. The first-order valence-electron chi connectivity index (χ1n) is 8.85. The molecule has 0 unspecified atom stereocenters. The fourth-order valence-corrected chi connectivity index (χ4v) is 3.23. The Balaban J connectivity index is 1.45. The van der Waals surface area contributed by atoms with E-state index >= 15 is 0 Å². The highest BCUT2D eigenvalue weighted by atomic mass is 16.2. The van der Waals surface area contributed by atoms with E-state index in [0.29, 0.717) is 12.2 Å². The lowest BCUT2D eigenvalue weighted by molar-refractivity contribution is 0.0729. The lowest BCUT2D eigenvalue weighted by atomic mass is 10.00. The molecule has 0 saturated carbocycles. The topological polar surface area (TPSA) is 45.2 Å². The van der Waals surface area contributed by atoms with Gasteiger partial charge in [0, 0.05) is 18.8 Å². The Kier molecular flexibility index (Phi) is 4.40. The maximum atomic E-state index is 12.8. The molecule has 1 N–H and O–H groups in total. The van der Waals surface area contributed by atoms with E-state index in [1.807, 2.05) is 29.2 Å². The maximum absolute atomic E-state index is 12.8. The Morgan fingerprint density at radius 1 is 0.962 bits per heavy atom. The van der Waals surface area contributed by atoms with Crippen molar-refractivity contribution in [3.8, 4) is 0 Å². The number of nitrogens with one attached hydrogen (secondary N) is 1. The third-order valence-corrected chi connectivity index (χ3v) is 4.74. The molecular formula is C22H21N3O. The van der Waals surface area contributed by atoms with E-state index in [1.165, 1.54) is 16.7 Å². The highest BCUT2D eigenvalue weighted by Gasteiger charge is 2.22. The Labute approximate surface area is 153 Å². The molecule has 0 atom stereocenters. The van der Waals surface area contributed by atoms with Crippen molar-refractivity contribution in [2.45, 2.75) is 19.9 Å². The number of fused-ring (bicyclic) bond motifs is 1. The molecule has 1 aromatic heterocycles. The normalized spacial score (nSPS) is 13.2. The number of amides is 1. The second kappa shape index (κ2) is 7.00. The Bertz CT molecular complexity index is 917. The van der Waals surface area contributed by atoms with Crippen molar-refractivity contribution in [2.75, 3.05) is 11.9 Å². The summed E-state index contributed by atoms with van der Waals surface area (Å²) >= 11 is 0. The van der Waals surface area contributed by atoms with Gasteiger partial charge in [0.15, 0.2) is 0 Å². The maximum Gasteiger partial charge on any atom is 0.272 e. The summed E-state index contributed by atoms with van der Waals surface area (Å²) in [5.74, 6) is -0.0126. The van der Waals surface area contributed by atoms with E-state index in [2.05, 4.69) is 47.6 Å². The molecule has 1 amide bonds. The average molecular weight is 343 g/mol. The molecule has 0 spiro atoms. The molecule has 3 aromatic rings. The van der Waals surface area contributed by atoms with Gasteiger partial charge >= 0.3 is 0 Å². The van der Waals surface area contributed by atoms with Gasteiger partial charge in [-0.15, -0.1) is 0 Å². The van der Waals surface area contributed by atoms with E-state index in [9.17, 15) is 4.79 Å². The highest BCUT2D eigenvalue weighted by Crippen LogP contribution is 2.21. The van der Waals surface area contributed by atoms with Crippen molar-refractivity contribution in [3.05, 3.63) is 89.2 Å². The molecule has 0 fully saturated rings. The van der Waals surface area contributed by atoms with Crippen LogP contribution in [-0.2, 0) is 13.0 Å². The van der Waals surface area contributed by atoms with Gasteiger partial charge in [0.2, 0.25) is 0 Å². The number of rotatable bonds is 3. The zero-order chi connectivity index (χ0) is 17.9. The second-order valence-corrected chi connectivity index (χ2v) is 6.67. The van der Waals surface area contributed by atoms with Gasteiger partial charge in [-0.25, -0.2) is 4.98 Å². The highest BCUT2D eigenvalue weighted by molar-refractivity contribution is 5.92. The number of nitrogens with zero attached hydrogens (tertiary/aromatic N) is 2. The average Bonchev–Trinajstić information content (AvgIpc) is 2.69. The van der Waals surface area contributed by atoms with Gasteiger partial charge in [0.25, 0.3) is 5.91 Å². The van der Waals surface area contributed by atoms with Gasteiger partial charge in [-0.1, -0.05) is 42.0 Å². The quantitative estimate of drug-likeness (QED) is 0.770. The van der Waals surface area contributed by atoms with Crippen LogP contribution < -0.4 is 5.32 Å². The molecule has 4 nitrogen and oxygen atoms in total. The summed E-state index contributed by atoms with van der Waals surface area (Å²) in [5, 5.41) is 3.30. The molecule has 1 aliphatic heterocycles. The van der Waals surface area contributed by atoms with Gasteiger partial charge in [-0.2, -0.15) is 0 Å². The number of aromatic nitrogens is 1. The van der Waals surface area contributed by atoms with Crippen LogP contribution >= 0.6 is 0 Å². The molecule has 1 aliphatic rings. The molecule has 4 rings (SSSR count). The number of benzene rings is 2. The van der Waals surface area contributed by atoms with Crippen molar-refractivity contribution >= 4 is 17.3 Å². The number of carbonyl (C=O) groups is 1. The summed E-state index contributed by atoms with van der Waals surface area (Å²) in [6, 6.07) is 20.2. The Morgan fingerprint density at radius 2 is 1.69 bits per heavy atom. The molecule has 0 radical (unpaired) electrons. The summed E-state index contributed by atoms with van der Waals surface area (Å²) in [7, 11) is 0. The minimum absolute atomic E-state index is 0.0126. The van der Waals surface area contributed by atoms with Crippen LogP contribution in [0.2, 0.25) is 0 Å². The summed E-state index contributed by atoms with van der Waals surface area (Å²) in [6.07, 6.45) is 2.61. The third kappa shape index (κ3) is 3.45.